The Morgan fingerprint density at radius 2 is 1.30 bits per heavy atom. The third kappa shape index (κ3) is 2.13. The van der Waals surface area contributed by atoms with Crippen LogP contribution in [0.5, 0.6) is 0 Å². The monoisotopic (exact) mass is 423 g/mol. The van der Waals surface area contributed by atoms with Gasteiger partial charge in [-0.25, -0.2) is 0 Å². The van der Waals surface area contributed by atoms with Crippen LogP contribution in [0, 0.1) is 0 Å². The Bertz CT molecular complexity index is 1740. The zero-order valence-corrected chi connectivity index (χ0v) is 18.6. The zero-order valence-electron chi connectivity index (χ0n) is 18.6. The molecule has 0 amide bonds. The summed E-state index contributed by atoms with van der Waals surface area (Å²) in [6.45, 7) is 0. The normalized spacial score (nSPS) is 16.7. The highest BCUT2D eigenvalue weighted by Gasteiger charge is 2.46. The minimum atomic E-state index is 0.128. The fraction of sp³-hybridized carbons (Fsp3) is 0.188. The maximum absolute atomic E-state index is 4.02. The van der Waals surface area contributed by atoms with Crippen LogP contribution in [0.2, 0.25) is 0 Å². The van der Waals surface area contributed by atoms with Crippen molar-refractivity contribution in [1.82, 2.24) is 4.98 Å². The van der Waals surface area contributed by atoms with E-state index in [9.17, 15) is 0 Å². The van der Waals surface area contributed by atoms with Crippen molar-refractivity contribution in [3.05, 3.63) is 96.1 Å². The third-order valence-electron chi connectivity index (χ3n) is 8.56. The predicted molar refractivity (Wildman–Crippen MR) is 140 cm³/mol. The molecule has 1 heteroatoms. The molecule has 0 aliphatic heterocycles. The number of aromatic amines is 1. The lowest BCUT2D eigenvalue weighted by Crippen LogP contribution is -2.28. The summed E-state index contributed by atoms with van der Waals surface area (Å²) in [5, 5.41) is 8.15. The molecule has 5 aromatic carbocycles. The van der Waals surface area contributed by atoms with Crippen molar-refractivity contribution in [3.8, 4) is 11.1 Å². The fourth-order valence-electron chi connectivity index (χ4n) is 7.27. The number of rotatable bonds is 0. The first-order chi connectivity index (χ1) is 16.4. The van der Waals surface area contributed by atoms with Gasteiger partial charge in [0, 0.05) is 21.6 Å². The van der Waals surface area contributed by atoms with Crippen molar-refractivity contribution in [3.63, 3.8) is 0 Å². The minimum absolute atomic E-state index is 0.128. The van der Waals surface area contributed by atoms with E-state index >= 15 is 0 Å². The summed E-state index contributed by atoms with van der Waals surface area (Å²) in [5.41, 5.74) is 8.83. The van der Waals surface area contributed by atoms with Crippen LogP contribution in [-0.4, -0.2) is 4.98 Å². The number of fused-ring (bicyclic) bond motifs is 14. The van der Waals surface area contributed by atoms with E-state index in [1.807, 2.05) is 0 Å². The Morgan fingerprint density at radius 3 is 2.18 bits per heavy atom. The van der Waals surface area contributed by atoms with Crippen molar-refractivity contribution in [2.75, 3.05) is 0 Å². The van der Waals surface area contributed by atoms with Crippen LogP contribution in [0.1, 0.15) is 43.2 Å². The van der Waals surface area contributed by atoms with E-state index < -0.39 is 0 Å². The molecule has 1 N–H and O–H groups in total. The highest BCUT2D eigenvalue weighted by molar-refractivity contribution is 6.28. The molecule has 8 rings (SSSR count). The molecule has 2 aliphatic carbocycles. The predicted octanol–water partition coefficient (Wildman–Crippen LogP) is 8.86. The summed E-state index contributed by atoms with van der Waals surface area (Å²) in [6.07, 6.45) is 6.48. The van der Waals surface area contributed by atoms with Gasteiger partial charge in [-0.15, -0.1) is 0 Å². The van der Waals surface area contributed by atoms with Crippen LogP contribution in [0.15, 0.2) is 84.9 Å². The lowest BCUT2D eigenvalue weighted by molar-refractivity contribution is 0.354. The van der Waals surface area contributed by atoms with Gasteiger partial charge in [-0.3, -0.25) is 0 Å². The Kier molecular flexibility index (Phi) is 3.40. The smallest absolute Gasteiger partial charge is 0.0544 e. The fourth-order valence-corrected chi connectivity index (χ4v) is 7.27. The van der Waals surface area contributed by atoms with Gasteiger partial charge in [0.25, 0.3) is 0 Å². The lowest BCUT2D eigenvalue weighted by atomic mass is 9.67. The highest BCUT2D eigenvalue weighted by Crippen LogP contribution is 2.60. The topological polar surface area (TPSA) is 15.8 Å². The maximum atomic E-state index is 4.02. The molecular formula is C32H25N. The van der Waals surface area contributed by atoms with Crippen molar-refractivity contribution in [2.45, 2.75) is 37.5 Å². The van der Waals surface area contributed by atoms with Gasteiger partial charge in [-0.05, 0) is 51.3 Å². The van der Waals surface area contributed by atoms with Crippen LogP contribution in [0.25, 0.3) is 54.5 Å². The van der Waals surface area contributed by atoms with Gasteiger partial charge in [0.15, 0.2) is 0 Å². The van der Waals surface area contributed by atoms with Gasteiger partial charge in [-0.2, -0.15) is 0 Å². The van der Waals surface area contributed by atoms with Gasteiger partial charge < -0.3 is 4.98 Å². The largest absolute Gasteiger partial charge is 0.354 e. The number of H-pyrrole nitrogens is 1. The first kappa shape index (κ1) is 17.9. The van der Waals surface area contributed by atoms with Crippen LogP contribution in [0.4, 0.5) is 0 Å². The Labute approximate surface area is 193 Å². The molecule has 33 heavy (non-hydrogen) atoms. The molecule has 0 unspecified atom stereocenters. The Morgan fingerprint density at radius 1 is 0.576 bits per heavy atom. The third-order valence-corrected chi connectivity index (χ3v) is 8.56. The van der Waals surface area contributed by atoms with E-state index in [1.165, 1.54) is 86.6 Å². The minimum Gasteiger partial charge on any atom is -0.354 e. The first-order valence-electron chi connectivity index (χ1n) is 12.3. The molecule has 158 valence electrons. The molecule has 0 bridgehead atoms. The van der Waals surface area contributed by atoms with Crippen molar-refractivity contribution < 1.29 is 0 Å². The van der Waals surface area contributed by atoms with Crippen molar-refractivity contribution in [1.29, 1.82) is 0 Å². The van der Waals surface area contributed by atoms with E-state index in [4.69, 9.17) is 0 Å². The second-order valence-corrected chi connectivity index (χ2v) is 10.1. The number of hydrogen-bond acceptors (Lipinski definition) is 0. The molecular weight excluding hydrogens is 398 g/mol. The van der Waals surface area contributed by atoms with Crippen LogP contribution >= 0.6 is 0 Å². The second-order valence-electron chi connectivity index (χ2n) is 10.1. The van der Waals surface area contributed by atoms with E-state index in [0.29, 0.717) is 0 Å². The Balaban J connectivity index is 1.66. The lowest BCUT2D eigenvalue weighted by Gasteiger charge is -2.36. The van der Waals surface area contributed by atoms with E-state index in [-0.39, 0.29) is 5.41 Å². The summed E-state index contributed by atoms with van der Waals surface area (Å²) < 4.78 is 0. The molecule has 0 atom stereocenters. The molecule has 0 radical (unpaired) electrons. The summed E-state index contributed by atoms with van der Waals surface area (Å²) in [7, 11) is 0. The molecule has 1 heterocycles. The SMILES string of the molecule is c1ccc2c(c1)-c1c(c3[nH]c4c5ccccc5ccc4c3c3ccccc13)C21CCCCC1. The molecule has 2 aliphatic rings. The van der Waals surface area contributed by atoms with E-state index in [2.05, 4.69) is 89.9 Å². The molecule has 6 aromatic rings. The van der Waals surface area contributed by atoms with Crippen LogP contribution in [-0.2, 0) is 5.41 Å². The number of aromatic nitrogens is 1. The quantitative estimate of drug-likeness (QED) is 0.251. The van der Waals surface area contributed by atoms with E-state index in [0.717, 1.165) is 0 Å². The summed E-state index contributed by atoms with van der Waals surface area (Å²) in [6, 6.07) is 31.8. The van der Waals surface area contributed by atoms with Crippen LogP contribution < -0.4 is 0 Å². The highest BCUT2D eigenvalue weighted by atomic mass is 14.7. The Hall–Kier alpha value is -3.58. The number of hydrogen-bond donors (Lipinski definition) is 1. The van der Waals surface area contributed by atoms with Crippen LogP contribution in [0.3, 0.4) is 0 Å². The van der Waals surface area contributed by atoms with Crippen molar-refractivity contribution in [2.24, 2.45) is 0 Å². The average Bonchev–Trinajstić information content (AvgIpc) is 3.40. The van der Waals surface area contributed by atoms with Gasteiger partial charge >= 0.3 is 0 Å². The van der Waals surface area contributed by atoms with Gasteiger partial charge in [0.1, 0.15) is 0 Å². The number of benzene rings is 5. The average molecular weight is 424 g/mol. The summed E-state index contributed by atoms with van der Waals surface area (Å²) >= 11 is 0. The zero-order chi connectivity index (χ0) is 21.6. The van der Waals surface area contributed by atoms with Crippen molar-refractivity contribution >= 4 is 43.4 Å². The molecule has 0 saturated heterocycles. The standard InChI is InChI=1S/C32H25N/c1-8-18-32(19-9-1)26-15-7-6-14-24(26)27-22-12-4-5-13-23(22)28-25-17-16-20-10-2-3-11-21(20)30(25)33-31(28)29(27)32/h2-7,10-17,33H,1,8-9,18-19H2. The van der Waals surface area contributed by atoms with Gasteiger partial charge in [0.05, 0.1) is 11.0 Å². The maximum Gasteiger partial charge on any atom is 0.0544 e. The van der Waals surface area contributed by atoms with Gasteiger partial charge in [0.2, 0.25) is 0 Å². The van der Waals surface area contributed by atoms with Gasteiger partial charge in [-0.1, -0.05) is 104 Å². The molecule has 1 spiro atoms. The molecule has 1 aromatic heterocycles. The summed E-state index contributed by atoms with van der Waals surface area (Å²) in [5.74, 6) is 0. The number of nitrogens with one attached hydrogen (secondary N) is 1. The summed E-state index contributed by atoms with van der Waals surface area (Å²) in [4.78, 5) is 4.02. The first-order valence-corrected chi connectivity index (χ1v) is 12.3. The molecule has 1 fully saturated rings. The second kappa shape index (κ2) is 6.26. The molecule has 1 nitrogen and oxygen atoms in total. The molecule has 1 saturated carbocycles. The van der Waals surface area contributed by atoms with E-state index in [1.54, 1.807) is 11.1 Å².